The molecule has 0 radical (unpaired) electrons. The van der Waals surface area contributed by atoms with Crippen LogP contribution in [-0.2, 0) is 0 Å². The quantitative estimate of drug-likeness (QED) is 0.767. The van der Waals surface area contributed by atoms with Gasteiger partial charge in [0.25, 0.3) is 0 Å². The molecule has 0 N–H and O–H groups in total. The van der Waals surface area contributed by atoms with E-state index in [0.717, 1.165) is 20.5 Å². The molecule has 4 heteroatoms. The van der Waals surface area contributed by atoms with Crippen LogP contribution in [0.5, 0.6) is 0 Å². The van der Waals surface area contributed by atoms with E-state index >= 15 is 0 Å². The van der Waals surface area contributed by atoms with Gasteiger partial charge in [0, 0.05) is 16.5 Å². The first-order valence-electron chi connectivity index (χ1n) is 4.43. The van der Waals surface area contributed by atoms with Gasteiger partial charge in [-0.3, -0.25) is 4.68 Å². The summed E-state index contributed by atoms with van der Waals surface area (Å²) in [5.41, 5.74) is 1.07. The second-order valence-corrected chi connectivity index (χ2v) is 4.68. The zero-order chi connectivity index (χ0) is 10.3. The van der Waals surface area contributed by atoms with Gasteiger partial charge in [-0.25, -0.2) is 0 Å². The van der Waals surface area contributed by atoms with Crippen LogP contribution >= 0.6 is 27.5 Å². The third-order valence-electron chi connectivity index (χ3n) is 2.11. The molecule has 0 aliphatic rings. The largest absolute Gasteiger partial charge is 0.261 e. The van der Waals surface area contributed by atoms with Crippen molar-refractivity contribution in [2.45, 2.75) is 19.9 Å². The second kappa shape index (κ2) is 3.55. The minimum absolute atomic E-state index is 0.335. The number of aromatic nitrogens is 2. The Morgan fingerprint density at radius 2 is 2.14 bits per heavy atom. The van der Waals surface area contributed by atoms with Crippen molar-refractivity contribution < 1.29 is 0 Å². The van der Waals surface area contributed by atoms with Crippen molar-refractivity contribution in [3.63, 3.8) is 0 Å². The van der Waals surface area contributed by atoms with Gasteiger partial charge < -0.3 is 0 Å². The van der Waals surface area contributed by atoms with Gasteiger partial charge in [0.2, 0.25) is 0 Å². The van der Waals surface area contributed by atoms with Gasteiger partial charge in [-0.1, -0.05) is 11.6 Å². The molecular weight excluding hydrogens is 263 g/mol. The summed E-state index contributed by atoms with van der Waals surface area (Å²) in [6.45, 7) is 4.19. The maximum atomic E-state index is 5.95. The Morgan fingerprint density at radius 1 is 1.43 bits per heavy atom. The van der Waals surface area contributed by atoms with Gasteiger partial charge in [-0.15, -0.1) is 0 Å². The molecule has 14 heavy (non-hydrogen) atoms. The highest BCUT2D eigenvalue weighted by atomic mass is 79.9. The van der Waals surface area contributed by atoms with Crippen molar-refractivity contribution in [2.75, 3.05) is 0 Å². The molecule has 2 aromatic rings. The first-order chi connectivity index (χ1) is 6.59. The molecule has 0 fully saturated rings. The Labute approximate surface area is 96.0 Å². The van der Waals surface area contributed by atoms with Crippen molar-refractivity contribution in [3.8, 4) is 0 Å². The summed E-state index contributed by atoms with van der Waals surface area (Å²) in [6, 6.07) is 6.13. The average Bonchev–Trinajstić information content (AvgIpc) is 2.43. The van der Waals surface area contributed by atoms with E-state index in [1.54, 1.807) is 0 Å². The fourth-order valence-corrected chi connectivity index (χ4v) is 2.14. The molecule has 1 aromatic heterocycles. The molecule has 0 aliphatic carbocycles. The number of nitrogens with zero attached hydrogens (tertiary/aromatic N) is 2. The predicted octanol–water partition coefficient (Wildman–Crippen LogP) is 4.03. The standard InChI is InChI=1S/C10H10BrClN2/c1-6(2)14-9-5-7(12)3-4-8(9)10(11)13-14/h3-6H,1-2H3. The molecule has 74 valence electrons. The van der Waals surface area contributed by atoms with E-state index in [2.05, 4.69) is 34.9 Å². The van der Waals surface area contributed by atoms with Crippen LogP contribution in [0.2, 0.25) is 5.02 Å². The summed E-state index contributed by atoms with van der Waals surface area (Å²) in [5, 5.41) is 6.25. The fraction of sp³-hybridized carbons (Fsp3) is 0.300. The smallest absolute Gasteiger partial charge is 0.136 e. The first-order valence-corrected chi connectivity index (χ1v) is 5.60. The van der Waals surface area contributed by atoms with Gasteiger partial charge >= 0.3 is 0 Å². The van der Waals surface area contributed by atoms with E-state index in [1.165, 1.54) is 0 Å². The van der Waals surface area contributed by atoms with E-state index in [0.29, 0.717) is 6.04 Å². The summed E-state index contributed by atoms with van der Waals surface area (Å²) in [7, 11) is 0. The molecule has 1 heterocycles. The maximum Gasteiger partial charge on any atom is 0.136 e. The second-order valence-electron chi connectivity index (χ2n) is 3.49. The van der Waals surface area contributed by atoms with Gasteiger partial charge in [-0.05, 0) is 48.0 Å². The number of fused-ring (bicyclic) bond motifs is 1. The minimum atomic E-state index is 0.335. The van der Waals surface area contributed by atoms with E-state index in [4.69, 9.17) is 11.6 Å². The maximum absolute atomic E-state index is 5.95. The van der Waals surface area contributed by atoms with Crippen LogP contribution in [0.3, 0.4) is 0 Å². The molecule has 0 aliphatic heterocycles. The monoisotopic (exact) mass is 272 g/mol. The Hall–Kier alpha value is -0.540. The highest BCUT2D eigenvalue weighted by Crippen LogP contribution is 2.27. The van der Waals surface area contributed by atoms with Crippen LogP contribution < -0.4 is 0 Å². The number of hydrogen-bond donors (Lipinski definition) is 0. The van der Waals surface area contributed by atoms with Crippen LogP contribution in [0, 0.1) is 0 Å². The van der Waals surface area contributed by atoms with Crippen LogP contribution in [0.4, 0.5) is 0 Å². The van der Waals surface area contributed by atoms with Crippen molar-refractivity contribution in [2.24, 2.45) is 0 Å². The molecule has 2 rings (SSSR count). The van der Waals surface area contributed by atoms with E-state index in [-0.39, 0.29) is 0 Å². The molecule has 0 saturated carbocycles. The summed E-state index contributed by atoms with van der Waals surface area (Å²) < 4.78 is 2.84. The van der Waals surface area contributed by atoms with Crippen LogP contribution in [0.15, 0.2) is 22.8 Å². The molecule has 0 spiro atoms. The normalized spacial score (nSPS) is 11.5. The lowest BCUT2D eigenvalue weighted by atomic mass is 10.2. The van der Waals surface area contributed by atoms with Crippen molar-refractivity contribution >= 4 is 38.4 Å². The van der Waals surface area contributed by atoms with E-state index < -0.39 is 0 Å². The third-order valence-corrected chi connectivity index (χ3v) is 2.93. The SMILES string of the molecule is CC(C)n1nc(Br)c2ccc(Cl)cc21. The zero-order valence-corrected chi connectivity index (χ0v) is 10.3. The summed E-state index contributed by atoms with van der Waals surface area (Å²) in [6.07, 6.45) is 0. The Kier molecular flexibility index (Phi) is 2.54. The number of rotatable bonds is 1. The lowest BCUT2D eigenvalue weighted by Crippen LogP contribution is -2.01. The highest BCUT2D eigenvalue weighted by molar-refractivity contribution is 9.10. The molecular formula is C10H10BrClN2. The van der Waals surface area contributed by atoms with Gasteiger partial charge in [0.1, 0.15) is 4.60 Å². The molecule has 0 bridgehead atoms. The average molecular weight is 274 g/mol. The fourth-order valence-electron chi connectivity index (χ4n) is 1.46. The van der Waals surface area contributed by atoms with E-state index in [9.17, 15) is 0 Å². The molecule has 1 aromatic carbocycles. The van der Waals surface area contributed by atoms with Gasteiger partial charge in [-0.2, -0.15) is 5.10 Å². The van der Waals surface area contributed by atoms with Crippen molar-refractivity contribution in [1.82, 2.24) is 9.78 Å². The van der Waals surface area contributed by atoms with Crippen LogP contribution in [0.25, 0.3) is 10.9 Å². The molecule has 2 nitrogen and oxygen atoms in total. The minimum Gasteiger partial charge on any atom is -0.261 e. The van der Waals surface area contributed by atoms with Gasteiger partial charge in [0.15, 0.2) is 0 Å². The first kappa shape index (κ1) is 9.99. The molecule has 0 atom stereocenters. The lowest BCUT2D eigenvalue weighted by molar-refractivity contribution is 0.548. The topological polar surface area (TPSA) is 17.8 Å². The number of hydrogen-bond acceptors (Lipinski definition) is 1. The van der Waals surface area contributed by atoms with Gasteiger partial charge in [0.05, 0.1) is 5.52 Å². The molecule has 0 unspecified atom stereocenters. The van der Waals surface area contributed by atoms with Crippen molar-refractivity contribution in [1.29, 1.82) is 0 Å². The lowest BCUT2D eigenvalue weighted by Gasteiger charge is -2.06. The van der Waals surface area contributed by atoms with Crippen LogP contribution in [-0.4, -0.2) is 9.78 Å². The number of benzene rings is 1. The molecule has 0 saturated heterocycles. The summed E-state index contributed by atoms with van der Waals surface area (Å²) in [4.78, 5) is 0. The predicted molar refractivity (Wildman–Crippen MR) is 62.8 cm³/mol. The Bertz CT molecular complexity index is 476. The molecule has 0 amide bonds. The summed E-state index contributed by atoms with van der Waals surface area (Å²) >= 11 is 9.38. The van der Waals surface area contributed by atoms with Crippen LogP contribution in [0.1, 0.15) is 19.9 Å². The Morgan fingerprint density at radius 3 is 2.79 bits per heavy atom. The number of halogens is 2. The van der Waals surface area contributed by atoms with Crippen molar-refractivity contribution in [3.05, 3.63) is 27.8 Å². The third kappa shape index (κ3) is 1.55. The van der Waals surface area contributed by atoms with E-state index in [1.807, 2.05) is 22.9 Å². The summed E-state index contributed by atoms with van der Waals surface area (Å²) in [5.74, 6) is 0. The Balaban J connectivity index is 2.79. The zero-order valence-electron chi connectivity index (χ0n) is 7.96. The highest BCUT2D eigenvalue weighted by Gasteiger charge is 2.10.